The number of carbonyl (C=O) groups excluding carboxylic acids is 1. The highest BCUT2D eigenvalue weighted by Crippen LogP contribution is 2.43. The third-order valence-corrected chi connectivity index (χ3v) is 4.45. The Morgan fingerprint density at radius 2 is 2.04 bits per heavy atom. The van der Waals surface area contributed by atoms with Crippen LogP contribution >= 0.6 is 23.2 Å². The topological polar surface area (TPSA) is 88.1 Å². The van der Waals surface area contributed by atoms with E-state index < -0.39 is 23.2 Å². The molecule has 0 radical (unpaired) electrons. The van der Waals surface area contributed by atoms with E-state index in [1.165, 1.54) is 28.8 Å². The van der Waals surface area contributed by atoms with Crippen LogP contribution in [0.25, 0.3) is 16.6 Å². The van der Waals surface area contributed by atoms with Gasteiger partial charge in [0.2, 0.25) is 0 Å². The standard InChI is InChI=1S/C17H10Cl2FN3O3/c1-2-26-17(25)13-15(24)11-12(18)16(19)23(14(11)10(7-21)22-13)9-5-3-8(20)4-6-9/h3-6,24H,2H2,1H3. The average Bonchev–Trinajstić information content (AvgIpc) is 2.89. The van der Waals surface area contributed by atoms with Crippen molar-refractivity contribution in [1.82, 2.24) is 9.55 Å². The maximum atomic E-state index is 13.2. The Hall–Kier alpha value is -2.82. The minimum absolute atomic E-state index is 0.0180. The van der Waals surface area contributed by atoms with Crippen molar-refractivity contribution < 1.29 is 19.0 Å². The molecule has 3 aromatic rings. The van der Waals surface area contributed by atoms with Gasteiger partial charge < -0.3 is 9.84 Å². The quantitative estimate of drug-likeness (QED) is 0.672. The molecule has 0 fully saturated rings. The molecule has 0 saturated carbocycles. The summed E-state index contributed by atoms with van der Waals surface area (Å²) >= 11 is 12.5. The molecule has 0 amide bonds. The number of nitrogens with zero attached hydrogens (tertiary/aromatic N) is 3. The average molecular weight is 394 g/mol. The fourth-order valence-corrected chi connectivity index (χ4v) is 3.08. The van der Waals surface area contributed by atoms with Gasteiger partial charge in [0.15, 0.2) is 17.1 Å². The molecule has 26 heavy (non-hydrogen) atoms. The van der Waals surface area contributed by atoms with Crippen LogP contribution in [0, 0.1) is 17.1 Å². The monoisotopic (exact) mass is 393 g/mol. The normalized spacial score (nSPS) is 10.7. The highest BCUT2D eigenvalue weighted by Gasteiger charge is 2.28. The molecule has 3 rings (SSSR count). The SMILES string of the molecule is CCOC(=O)c1nc(C#N)c2c(c1O)c(Cl)c(Cl)n2-c1ccc(F)cc1. The highest BCUT2D eigenvalue weighted by molar-refractivity contribution is 6.46. The predicted octanol–water partition coefficient (Wildman–Crippen LogP) is 4.23. The first-order valence-electron chi connectivity index (χ1n) is 7.36. The van der Waals surface area contributed by atoms with Crippen molar-refractivity contribution in [3.8, 4) is 17.5 Å². The van der Waals surface area contributed by atoms with E-state index in [0.29, 0.717) is 5.69 Å². The number of ether oxygens (including phenoxy) is 1. The Bertz CT molecular complexity index is 1070. The number of hydrogen-bond donors (Lipinski definition) is 1. The molecule has 0 unspecified atom stereocenters. The molecule has 0 bridgehead atoms. The van der Waals surface area contributed by atoms with E-state index in [4.69, 9.17) is 27.9 Å². The number of pyridine rings is 1. The Morgan fingerprint density at radius 3 is 2.62 bits per heavy atom. The molecular formula is C17H10Cl2FN3O3. The first kappa shape index (κ1) is 18.0. The summed E-state index contributed by atoms with van der Waals surface area (Å²) in [6.07, 6.45) is 0. The molecule has 0 aliphatic rings. The molecule has 0 atom stereocenters. The van der Waals surface area contributed by atoms with E-state index in [-0.39, 0.29) is 33.4 Å². The Morgan fingerprint density at radius 1 is 1.38 bits per heavy atom. The van der Waals surface area contributed by atoms with Crippen LogP contribution in [0.2, 0.25) is 10.2 Å². The summed E-state index contributed by atoms with van der Waals surface area (Å²) in [5.74, 6) is -1.91. The largest absolute Gasteiger partial charge is 0.505 e. The number of benzene rings is 1. The third kappa shape index (κ3) is 2.73. The second kappa shape index (κ2) is 6.83. The molecule has 2 aromatic heterocycles. The second-order valence-electron chi connectivity index (χ2n) is 5.13. The van der Waals surface area contributed by atoms with Crippen molar-refractivity contribution in [2.45, 2.75) is 6.92 Å². The van der Waals surface area contributed by atoms with Gasteiger partial charge in [0.25, 0.3) is 0 Å². The number of halogens is 3. The van der Waals surface area contributed by atoms with Crippen molar-refractivity contribution in [2.24, 2.45) is 0 Å². The fraction of sp³-hybridized carbons (Fsp3) is 0.118. The highest BCUT2D eigenvalue weighted by atomic mass is 35.5. The molecule has 0 aliphatic heterocycles. The van der Waals surface area contributed by atoms with Crippen molar-refractivity contribution in [3.63, 3.8) is 0 Å². The molecule has 9 heteroatoms. The van der Waals surface area contributed by atoms with E-state index in [0.717, 1.165) is 0 Å². The van der Waals surface area contributed by atoms with Crippen molar-refractivity contribution >= 4 is 40.1 Å². The Kier molecular flexibility index (Phi) is 4.72. The number of aromatic hydroxyl groups is 1. The van der Waals surface area contributed by atoms with Crippen LogP contribution in [0.15, 0.2) is 24.3 Å². The van der Waals surface area contributed by atoms with Gasteiger partial charge in [-0.15, -0.1) is 0 Å². The van der Waals surface area contributed by atoms with Crippen molar-refractivity contribution in [1.29, 1.82) is 5.26 Å². The molecular weight excluding hydrogens is 384 g/mol. The molecule has 0 spiro atoms. The first-order valence-corrected chi connectivity index (χ1v) is 8.11. The molecule has 6 nitrogen and oxygen atoms in total. The predicted molar refractivity (Wildman–Crippen MR) is 93.4 cm³/mol. The summed E-state index contributed by atoms with van der Waals surface area (Å²) in [5, 5.41) is 19.8. The van der Waals surface area contributed by atoms with Gasteiger partial charge in [0.1, 0.15) is 17.0 Å². The number of carbonyl (C=O) groups is 1. The number of hydrogen-bond acceptors (Lipinski definition) is 5. The zero-order valence-corrected chi connectivity index (χ0v) is 14.8. The molecule has 132 valence electrons. The van der Waals surface area contributed by atoms with Gasteiger partial charge in [-0.2, -0.15) is 5.26 Å². The summed E-state index contributed by atoms with van der Waals surface area (Å²) in [5.41, 5.74) is -0.140. The Balaban J connectivity index is 2.41. The van der Waals surface area contributed by atoms with Crippen LogP contribution < -0.4 is 0 Å². The summed E-state index contributed by atoms with van der Waals surface area (Å²) in [7, 11) is 0. The van der Waals surface area contributed by atoms with E-state index in [1.807, 2.05) is 6.07 Å². The molecule has 1 aromatic carbocycles. The second-order valence-corrected chi connectivity index (χ2v) is 5.87. The smallest absolute Gasteiger partial charge is 0.360 e. The lowest BCUT2D eigenvalue weighted by Crippen LogP contribution is -2.09. The van der Waals surface area contributed by atoms with Crippen molar-refractivity contribution in [3.05, 3.63) is 51.6 Å². The van der Waals surface area contributed by atoms with Crippen LogP contribution in [0.4, 0.5) is 4.39 Å². The van der Waals surface area contributed by atoms with E-state index >= 15 is 0 Å². The summed E-state index contributed by atoms with van der Waals surface area (Å²) < 4.78 is 19.4. The maximum Gasteiger partial charge on any atom is 0.360 e. The number of esters is 1. The first-order chi connectivity index (χ1) is 12.4. The molecule has 0 saturated heterocycles. The zero-order valence-electron chi connectivity index (χ0n) is 13.3. The number of nitriles is 1. The van der Waals surface area contributed by atoms with Gasteiger partial charge in [0, 0.05) is 5.69 Å². The minimum atomic E-state index is -0.898. The van der Waals surface area contributed by atoms with Gasteiger partial charge in [-0.3, -0.25) is 4.57 Å². The van der Waals surface area contributed by atoms with E-state index in [1.54, 1.807) is 6.92 Å². The third-order valence-electron chi connectivity index (χ3n) is 3.63. The van der Waals surface area contributed by atoms with Crippen LogP contribution in [0.5, 0.6) is 5.75 Å². The Labute approximate surface area is 157 Å². The zero-order chi connectivity index (χ0) is 19.0. The summed E-state index contributed by atoms with van der Waals surface area (Å²) in [6, 6.07) is 7.12. The lowest BCUT2D eigenvalue weighted by molar-refractivity contribution is 0.0516. The maximum absolute atomic E-state index is 13.2. The van der Waals surface area contributed by atoms with Crippen LogP contribution in [-0.2, 0) is 4.74 Å². The van der Waals surface area contributed by atoms with Crippen LogP contribution in [0.1, 0.15) is 23.1 Å². The van der Waals surface area contributed by atoms with E-state index in [9.17, 15) is 19.6 Å². The molecule has 2 heterocycles. The number of rotatable bonds is 3. The van der Waals surface area contributed by atoms with Gasteiger partial charge in [-0.1, -0.05) is 23.2 Å². The van der Waals surface area contributed by atoms with Crippen molar-refractivity contribution in [2.75, 3.05) is 6.61 Å². The summed E-state index contributed by atoms with van der Waals surface area (Å²) in [4.78, 5) is 15.9. The lowest BCUT2D eigenvalue weighted by atomic mass is 10.2. The lowest BCUT2D eigenvalue weighted by Gasteiger charge is -2.10. The fourth-order valence-electron chi connectivity index (χ4n) is 2.54. The van der Waals surface area contributed by atoms with Crippen LogP contribution in [0.3, 0.4) is 0 Å². The van der Waals surface area contributed by atoms with E-state index in [2.05, 4.69) is 4.98 Å². The summed E-state index contributed by atoms with van der Waals surface area (Å²) in [6.45, 7) is 1.65. The van der Waals surface area contributed by atoms with Crippen LogP contribution in [-0.4, -0.2) is 27.2 Å². The minimum Gasteiger partial charge on any atom is -0.505 e. The number of aromatic nitrogens is 2. The molecule has 1 N–H and O–H groups in total. The van der Waals surface area contributed by atoms with Gasteiger partial charge >= 0.3 is 5.97 Å². The van der Waals surface area contributed by atoms with Gasteiger partial charge in [-0.05, 0) is 31.2 Å². The van der Waals surface area contributed by atoms with Gasteiger partial charge in [-0.25, -0.2) is 14.2 Å². The molecule has 0 aliphatic carbocycles. The number of fused-ring (bicyclic) bond motifs is 1. The van der Waals surface area contributed by atoms with Gasteiger partial charge in [0.05, 0.1) is 22.5 Å².